The predicted molar refractivity (Wildman–Crippen MR) is 74.0 cm³/mol. The number of benzene rings is 1. The highest BCUT2D eigenvalue weighted by atomic mass is 32.2. The molecule has 0 N–H and O–H groups in total. The fourth-order valence-electron chi connectivity index (χ4n) is 2.52. The predicted octanol–water partition coefficient (Wildman–Crippen LogP) is -0.782. The SMILES string of the molecule is CC1CN(S(=O)(=O)c2ccc(-[n+]3noc([O-])n3)cc2)CC(C)O1. The van der Waals surface area contributed by atoms with Gasteiger partial charge in [-0.25, -0.2) is 8.42 Å². The molecule has 2 aromatic rings. The average Bonchev–Trinajstić information content (AvgIpc) is 2.93. The summed E-state index contributed by atoms with van der Waals surface area (Å²) in [7, 11) is -3.60. The molecule has 124 valence electrons. The lowest BCUT2D eigenvalue weighted by atomic mass is 10.3. The maximum absolute atomic E-state index is 12.7. The first-order valence-electron chi connectivity index (χ1n) is 7.05. The molecule has 10 heteroatoms. The van der Waals surface area contributed by atoms with Crippen LogP contribution in [0.1, 0.15) is 13.8 Å². The van der Waals surface area contributed by atoms with Gasteiger partial charge in [-0.3, -0.25) is 0 Å². The number of morpholine rings is 1. The molecule has 1 aliphatic heterocycles. The number of rotatable bonds is 3. The topological polar surface area (TPSA) is 112 Å². The van der Waals surface area contributed by atoms with Gasteiger partial charge in [0.15, 0.2) is 0 Å². The summed E-state index contributed by atoms with van der Waals surface area (Å²) in [6.45, 7) is 4.31. The number of aromatic nitrogens is 3. The van der Waals surface area contributed by atoms with Crippen molar-refractivity contribution in [2.45, 2.75) is 31.0 Å². The van der Waals surface area contributed by atoms with Crippen molar-refractivity contribution in [1.82, 2.24) is 14.7 Å². The van der Waals surface area contributed by atoms with Gasteiger partial charge in [0.2, 0.25) is 16.1 Å². The molecule has 23 heavy (non-hydrogen) atoms. The Kier molecular flexibility index (Phi) is 4.04. The standard InChI is InChI=1S/C13H16N4O5S/c1-9-7-16(8-10(2)21-9)23(19,20)12-5-3-11(4-6-12)17-14-13(18)22-15-17/h3-6,9-10H,7-8H2,1-2H3. The highest BCUT2D eigenvalue weighted by Gasteiger charge is 2.32. The van der Waals surface area contributed by atoms with Gasteiger partial charge in [0.25, 0.3) is 5.69 Å². The second kappa shape index (κ2) is 5.87. The molecule has 2 unspecified atom stereocenters. The molecule has 0 spiro atoms. The number of sulfonamides is 1. The van der Waals surface area contributed by atoms with Crippen LogP contribution in [-0.2, 0) is 14.8 Å². The minimum absolute atomic E-state index is 0.154. The third kappa shape index (κ3) is 3.19. The van der Waals surface area contributed by atoms with E-state index in [1.165, 1.54) is 28.6 Å². The van der Waals surface area contributed by atoms with Gasteiger partial charge in [0.1, 0.15) is 5.27 Å². The van der Waals surface area contributed by atoms with Crippen LogP contribution in [0.3, 0.4) is 0 Å². The van der Waals surface area contributed by atoms with Crippen molar-refractivity contribution >= 4 is 10.0 Å². The molecular formula is C13H16N4O5S. The summed E-state index contributed by atoms with van der Waals surface area (Å²) >= 11 is 0. The molecule has 3 rings (SSSR count). The van der Waals surface area contributed by atoms with Gasteiger partial charge in [0.05, 0.1) is 27.0 Å². The molecule has 1 saturated heterocycles. The van der Waals surface area contributed by atoms with Crippen molar-refractivity contribution in [3.8, 4) is 11.8 Å². The Morgan fingerprint density at radius 2 is 1.83 bits per heavy atom. The van der Waals surface area contributed by atoms with Crippen molar-refractivity contribution in [3.05, 3.63) is 24.3 Å². The van der Waals surface area contributed by atoms with Crippen LogP contribution in [0, 0.1) is 0 Å². The number of hydrogen-bond donors (Lipinski definition) is 0. The molecule has 1 fully saturated rings. The lowest BCUT2D eigenvalue weighted by molar-refractivity contribution is -0.726. The summed E-state index contributed by atoms with van der Waals surface area (Å²) in [5.41, 5.74) is 0.429. The van der Waals surface area contributed by atoms with Gasteiger partial charge >= 0.3 is 0 Å². The van der Waals surface area contributed by atoms with Crippen LogP contribution in [0.25, 0.3) is 5.69 Å². The first-order chi connectivity index (χ1) is 10.9. The van der Waals surface area contributed by atoms with Gasteiger partial charge in [-0.2, -0.15) is 4.31 Å². The minimum atomic E-state index is -3.60. The zero-order valence-corrected chi connectivity index (χ0v) is 13.4. The van der Waals surface area contributed by atoms with Gasteiger partial charge in [-0.05, 0) is 26.0 Å². The zero-order chi connectivity index (χ0) is 16.6. The van der Waals surface area contributed by atoms with Gasteiger partial charge < -0.3 is 14.4 Å². The molecule has 1 aromatic carbocycles. The summed E-state index contributed by atoms with van der Waals surface area (Å²) in [5, 5.41) is 17.8. The van der Waals surface area contributed by atoms with E-state index in [0.717, 1.165) is 4.80 Å². The van der Waals surface area contributed by atoms with E-state index in [9.17, 15) is 13.5 Å². The van der Waals surface area contributed by atoms with Crippen LogP contribution in [0.5, 0.6) is 6.08 Å². The van der Waals surface area contributed by atoms with Crippen LogP contribution < -0.4 is 9.90 Å². The summed E-state index contributed by atoms with van der Waals surface area (Å²) in [6.07, 6.45) is -1.13. The Morgan fingerprint density at radius 1 is 1.22 bits per heavy atom. The van der Waals surface area contributed by atoms with E-state index in [-0.39, 0.29) is 17.1 Å². The molecule has 0 radical (unpaired) electrons. The molecule has 0 bridgehead atoms. The summed E-state index contributed by atoms with van der Waals surface area (Å²) in [5.74, 6) is 0. The summed E-state index contributed by atoms with van der Waals surface area (Å²) in [4.78, 5) is 1.16. The van der Waals surface area contributed by atoms with Crippen LogP contribution in [0.4, 0.5) is 0 Å². The van der Waals surface area contributed by atoms with Crippen molar-refractivity contribution in [1.29, 1.82) is 0 Å². The first kappa shape index (κ1) is 15.8. The second-order valence-corrected chi connectivity index (χ2v) is 7.34. The molecule has 2 heterocycles. The van der Waals surface area contributed by atoms with Crippen molar-refractivity contribution in [3.63, 3.8) is 0 Å². The van der Waals surface area contributed by atoms with Gasteiger partial charge in [-0.1, -0.05) is 0 Å². The smallest absolute Gasteiger partial charge is 0.269 e. The second-order valence-electron chi connectivity index (χ2n) is 5.40. The van der Waals surface area contributed by atoms with Crippen LogP contribution in [-0.4, -0.2) is 48.4 Å². The normalized spacial score (nSPS) is 23.0. The molecule has 0 aliphatic carbocycles. The van der Waals surface area contributed by atoms with E-state index in [0.29, 0.717) is 18.8 Å². The Morgan fingerprint density at radius 3 is 2.35 bits per heavy atom. The highest BCUT2D eigenvalue weighted by Crippen LogP contribution is 2.21. The monoisotopic (exact) mass is 340 g/mol. The first-order valence-corrected chi connectivity index (χ1v) is 8.49. The van der Waals surface area contributed by atoms with E-state index in [4.69, 9.17) is 4.74 Å². The number of nitrogens with zero attached hydrogens (tertiary/aromatic N) is 4. The van der Waals surface area contributed by atoms with Crippen molar-refractivity contribution < 1.29 is 27.6 Å². The molecule has 2 atom stereocenters. The quantitative estimate of drug-likeness (QED) is 0.673. The average molecular weight is 340 g/mol. The van der Waals surface area contributed by atoms with Crippen LogP contribution in [0.15, 0.2) is 33.7 Å². The molecule has 0 saturated carbocycles. The maximum Gasteiger partial charge on any atom is 0.269 e. The Balaban J connectivity index is 1.86. The van der Waals surface area contributed by atoms with Crippen molar-refractivity contribution in [2.75, 3.05) is 13.1 Å². The fourth-order valence-corrected chi connectivity index (χ4v) is 4.11. The summed E-state index contributed by atoms with van der Waals surface area (Å²) < 4.78 is 36.7. The van der Waals surface area contributed by atoms with Crippen LogP contribution >= 0.6 is 0 Å². The Hall–Kier alpha value is -2.04. The Labute approximate surface area is 133 Å². The maximum atomic E-state index is 12.7. The molecule has 9 nitrogen and oxygen atoms in total. The van der Waals surface area contributed by atoms with E-state index >= 15 is 0 Å². The van der Waals surface area contributed by atoms with E-state index in [1.54, 1.807) is 0 Å². The molecule has 0 amide bonds. The van der Waals surface area contributed by atoms with Gasteiger partial charge in [-0.15, -0.1) is 0 Å². The van der Waals surface area contributed by atoms with E-state index < -0.39 is 16.1 Å². The Bertz CT molecular complexity index is 779. The number of hydrogen-bond acceptors (Lipinski definition) is 7. The fraction of sp³-hybridized carbons (Fsp3) is 0.462. The highest BCUT2D eigenvalue weighted by molar-refractivity contribution is 7.89. The third-order valence-corrected chi connectivity index (χ3v) is 5.31. The minimum Gasteiger partial charge on any atom is -0.523 e. The van der Waals surface area contributed by atoms with Crippen LogP contribution in [0.2, 0.25) is 0 Å². The summed E-state index contributed by atoms with van der Waals surface area (Å²) in [6, 6.07) is 5.91. The zero-order valence-electron chi connectivity index (χ0n) is 12.6. The largest absolute Gasteiger partial charge is 0.523 e. The third-order valence-electron chi connectivity index (χ3n) is 3.46. The molecule has 1 aromatic heterocycles. The molecular weight excluding hydrogens is 324 g/mol. The van der Waals surface area contributed by atoms with E-state index in [1.807, 2.05) is 13.8 Å². The number of ether oxygens (including phenoxy) is 1. The lowest BCUT2D eigenvalue weighted by Crippen LogP contribution is -2.48. The molecule has 1 aliphatic rings. The van der Waals surface area contributed by atoms with Crippen molar-refractivity contribution in [2.24, 2.45) is 0 Å². The lowest BCUT2D eigenvalue weighted by Gasteiger charge is -2.34. The van der Waals surface area contributed by atoms with Gasteiger partial charge in [0, 0.05) is 25.2 Å². The van der Waals surface area contributed by atoms with E-state index in [2.05, 4.69) is 14.9 Å².